The summed E-state index contributed by atoms with van der Waals surface area (Å²) in [6.45, 7) is 3.81. The van der Waals surface area contributed by atoms with Crippen molar-refractivity contribution in [1.82, 2.24) is 0 Å². The van der Waals surface area contributed by atoms with Gasteiger partial charge in [0.05, 0.1) is 5.69 Å². The third kappa shape index (κ3) is 3.79. The van der Waals surface area contributed by atoms with Crippen LogP contribution >= 0.6 is 34.2 Å². The molecule has 0 aliphatic rings. The Kier molecular flexibility index (Phi) is 5.28. The molecule has 0 aromatic heterocycles. The molecule has 0 aliphatic carbocycles. The number of carbonyl (C=O) groups is 1. The van der Waals surface area contributed by atoms with Crippen molar-refractivity contribution in [2.24, 2.45) is 0 Å². The van der Waals surface area contributed by atoms with E-state index in [1.807, 2.05) is 26.0 Å². The summed E-state index contributed by atoms with van der Waals surface area (Å²) < 4.78 is 0.933. The fraction of sp³-hybridized carbons (Fsp3) is 0.250. The van der Waals surface area contributed by atoms with Crippen LogP contribution < -0.4 is 5.32 Å². The van der Waals surface area contributed by atoms with Gasteiger partial charge in [0.15, 0.2) is 0 Å². The summed E-state index contributed by atoms with van der Waals surface area (Å²) in [5.41, 5.74) is 1.52. The highest BCUT2D eigenvalue weighted by atomic mass is 127. The highest BCUT2D eigenvalue weighted by Crippen LogP contribution is 2.22. The lowest BCUT2D eigenvalue weighted by Gasteiger charge is -2.07. The molecule has 0 bridgehead atoms. The predicted molar refractivity (Wildman–Crippen MR) is 76.8 cm³/mol. The second-order valence-electron chi connectivity index (χ2n) is 3.37. The lowest BCUT2D eigenvalue weighted by atomic mass is 10.2. The molecule has 1 N–H and O–H groups in total. The van der Waals surface area contributed by atoms with Gasteiger partial charge >= 0.3 is 0 Å². The van der Waals surface area contributed by atoms with E-state index >= 15 is 0 Å². The largest absolute Gasteiger partial charge is 0.321 e. The Morgan fingerprint density at radius 2 is 2.25 bits per heavy atom. The maximum Gasteiger partial charge on any atom is 0.251 e. The Labute approximate surface area is 114 Å². The lowest BCUT2D eigenvalue weighted by molar-refractivity contribution is -0.112. The monoisotopic (exact) mass is 349 g/mol. The fourth-order valence-corrected chi connectivity index (χ4v) is 2.22. The number of nitrogens with one attached hydrogen (secondary N) is 1. The number of hydrogen-bond donors (Lipinski definition) is 1. The molecule has 0 saturated carbocycles. The number of anilines is 1. The molecule has 4 heteroatoms. The van der Waals surface area contributed by atoms with Crippen LogP contribution in [0.5, 0.6) is 0 Å². The van der Waals surface area contributed by atoms with Crippen LogP contribution in [-0.2, 0) is 4.79 Å². The van der Waals surface area contributed by atoms with Crippen molar-refractivity contribution >= 4 is 45.8 Å². The van der Waals surface area contributed by atoms with Crippen LogP contribution in [0.25, 0.3) is 0 Å². The molecule has 1 rings (SSSR count). The zero-order valence-corrected chi connectivity index (χ0v) is 12.1. The number of rotatable bonds is 3. The Bertz CT molecular complexity index is 429. The van der Waals surface area contributed by atoms with Crippen LogP contribution in [0.2, 0.25) is 5.02 Å². The molecular weight excluding hydrogens is 336 g/mol. The summed E-state index contributed by atoms with van der Waals surface area (Å²) >= 11 is 7.98. The minimum absolute atomic E-state index is 0.0675. The average Bonchev–Trinajstić information content (AvgIpc) is 2.22. The quantitative estimate of drug-likeness (QED) is 0.642. The van der Waals surface area contributed by atoms with Gasteiger partial charge in [-0.05, 0) is 54.1 Å². The highest BCUT2D eigenvalue weighted by Gasteiger charge is 2.07. The van der Waals surface area contributed by atoms with E-state index in [1.54, 1.807) is 12.1 Å². The first-order chi connectivity index (χ1) is 7.54. The van der Waals surface area contributed by atoms with Crippen LogP contribution in [0, 0.1) is 3.57 Å². The SMILES string of the molecule is CC/C=C(/C)C(=O)Nc1ccc(Cl)cc1I. The Hall–Kier alpha value is -0.550. The van der Waals surface area contributed by atoms with E-state index in [-0.39, 0.29) is 5.91 Å². The van der Waals surface area contributed by atoms with Crippen LogP contribution in [0.1, 0.15) is 20.3 Å². The summed E-state index contributed by atoms with van der Waals surface area (Å²) in [6.07, 6.45) is 2.76. The summed E-state index contributed by atoms with van der Waals surface area (Å²) in [4.78, 5) is 11.7. The van der Waals surface area contributed by atoms with Crippen LogP contribution in [0.4, 0.5) is 5.69 Å². The second-order valence-corrected chi connectivity index (χ2v) is 4.97. The molecule has 0 spiro atoms. The zero-order chi connectivity index (χ0) is 12.1. The molecule has 2 nitrogen and oxygen atoms in total. The first-order valence-corrected chi connectivity index (χ1v) is 6.43. The molecule has 86 valence electrons. The van der Waals surface area contributed by atoms with Crippen molar-refractivity contribution in [3.63, 3.8) is 0 Å². The van der Waals surface area contributed by atoms with Crippen molar-refractivity contribution in [2.75, 3.05) is 5.32 Å². The molecule has 0 heterocycles. The molecular formula is C12H13ClINO. The lowest BCUT2D eigenvalue weighted by Crippen LogP contribution is -2.13. The third-order valence-corrected chi connectivity index (χ3v) is 3.18. The van der Waals surface area contributed by atoms with E-state index in [0.29, 0.717) is 5.02 Å². The maximum atomic E-state index is 11.7. The number of carbonyl (C=O) groups excluding carboxylic acids is 1. The number of hydrogen-bond acceptors (Lipinski definition) is 1. The summed E-state index contributed by atoms with van der Waals surface area (Å²) in [7, 11) is 0. The molecule has 1 aromatic carbocycles. The highest BCUT2D eigenvalue weighted by molar-refractivity contribution is 14.1. The van der Waals surface area contributed by atoms with Gasteiger partial charge in [0.25, 0.3) is 5.91 Å². The van der Waals surface area contributed by atoms with Gasteiger partial charge in [0.2, 0.25) is 0 Å². The van der Waals surface area contributed by atoms with E-state index in [2.05, 4.69) is 27.9 Å². The smallest absolute Gasteiger partial charge is 0.251 e. The minimum atomic E-state index is -0.0675. The van der Waals surface area contributed by atoms with Gasteiger partial charge in [0.1, 0.15) is 0 Å². The van der Waals surface area contributed by atoms with Crippen LogP contribution in [-0.4, -0.2) is 5.91 Å². The zero-order valence-electron chi connectivity index (χ0n) is 9.18. The Morgan fingerprint density at radius 3 is 2.81 bits per heavy atom. The van der Waals surface area contributed by atoms with Crippen molar-refractivity contribution < 1.29 is 4.79 Å². The molecule has 0 unspecified atom stereocenters. The molecule has 0 saturated heterocycles. The summed E-state index contributed by atoms with van der Waals surface area (Å²) in [5, 5.41) is 3.52. The Balaban J connectivity index is 2.81. The third-order valence-electron chi connectivity index (χ3n) is 2.05. The molecule has 0 aliphatic heterocycles. The fourth-order valence-electron chi connectivity index (χ4n) is 1.21. The molecule has 1 aromatic rings. The standard InChI is InChI=1S/C12H13ClINO/c1-3-4-8(2)12(16)15-11-6-5-9(13)7-10(11)14/h4-7H,3H2,1-2H3,(H,15,16)/b8-4-. The van der Waals surface area contributed by atoms with E-state index in [4.69, 9.17) is 11.6 Å². The van der Waals surface area contributed by atoms with Crippen molar-refractivity contribution in [3.05, 3.63) is 38.4 Å². The molecule has 0 radical (unpaired) electrons. The summed E-state index contributed by atoms with van der Waals surface area (Å²) in [5.74, 6) is -0.0675. The molecule has 16 heavy (non-hydrogen) atoms. The number of benzene rings is 1. The van der Waals surface area contributed by atoms with Gasteiger partial charge in [-0.15, -0.1) is 0 Å². The number of allylic oxidation sites excluding steroid dienone is 1. The molecule has 1 amide bonds. The predicted octanol–water partition coefficient (Wildman–Crippen LogP) is 4.24. The van der Waals surface area contributed by atoms with Crippen molar-refractivity contribution in [2.45, 2.75) is 20.3 Å². The van der Waals surface area contributed by atoms with Gasteiger partial charge in [-0.25, -0.2) is 0 Å². The normalized spacial score (nSPS) is 11.4. The minimum Gasteiger partial charge on any atom is -0.321 e. The number of halogens is 2. The van der Waals surface area contributed by atoms with E-state index in [1.165, 1.54) is 0 Å². The maximum absolute atomic E-state index is 11.7. The second kappa shape index (κ2) is 6.25. The first kappa shape index (κ1) is 13.5. The van der Waals surface area contributed by atoms with Crippen LogP contribution in [0.15, 0.2) is 29.8 Å². The van der Waals surface area contributed by atoms with E-state index < -0.39 is 0 Å². The first-order valence-electron chi connectivity index (χ1n) is 4.97. The van der Waals surface area contributed by atoms with Gasteiger partial charge < -0.3 is 5.32 Å². The van der Waals surface area contributed by atoms with Gasteiger partial charge in [-0.1, -0.05) is 24.6 Å². The number of amides is 1. The average molecular weight is 350 g/mol. The summed E-state index contributed by atoms with van der Waals surface area (Å²) in [6, 6.07) is 5.38. The topological polar surface area (TPSA) is 29.1 Å². The van der Waals surface area contributed by atoms with E-state index in [0.717, 1.165) is 21.3 Å². The van der Waals surface area contributed by atoms with Crippen LogP contribution in [0.3, 0.4) is 0 Å². The van der Waals surface area contributed by atoms with Crippen molar-refractivity contribution in [3.8, 4) is 0 Å². The molecule has 0 fully saturated rings. The van der Waals surface area contributed by atoms with Gasteiger partial charge in [-0.3, -0.25) is 4.79 Å². The molecule has 0 atom stereocenters. The van der Waals surface area contributed by atoms with Gasteiger partial charge in [0, 0.05) is 14.2 Å². The van der Waals surface area contributed by atoms with E-state index in [9.17, 15) is 4.79 Å². The Morgan fingerprint density at radius 1 is 1.56 bits per heavy atom. The van der Waals surface area contributed by atoms with Crippen molar-refractivity contribution in [1.29, 1.82) is 0 Å². The van der Waals surface area contributed by atoms with Gasteiger partial charge in [-0.2, -0.15) is 0 Å².